The Kier molecular flexibility index (Phi) is 6.77. The number of benzene rings is 2. The average molecular weight is 446 g/mol. The lowest BCUT2D eigenvalue weighted by Crippen LogP contribution is -2.41. The van der Waals surface area contributed by atoms with Gasteiger partial charge in [-0.2, -0.15) is 0 Å². The van der Waals surface area contributed by atoms with E-state index in [2.05, 4.69) is 34.6 Å². The Hall–Kier alpha value is -3.71. The molecular formula is C25H23N3O3S. The summed E-state index contributed by atoms with van der Waals surface area (Å²) in [5.41, 5.74) is 1.12. The zero-order valence-corrected chi connectivity index (χ0v) is 18.2. The Balaban J connectivity index is 1.48. The van der Waals surface area contributed by atoms with Crippen LogP contribution in [0.2, 0.25) is 0 Å². The van der Waals surface area contributed by atoms with E-state index in [0.29, 0.717) is 13.0 Å². The molecule has 32 heavy (non-hydrogen) atoms. The number of carbonyl (C=O) groups excluding carboxylic acids is 1. The molecule has 0 saturated heterocycles. The van der Waals surface area contributed by atoms with Crippen LogP contribution in [0.25, 0.3) is 0 Å². The van der Waals surface area contributed by atoms with Gasteiger partial charge in [-0.05, 0) is 29.0 Å². The molecule has 6 nitrogen and oxygen atoms in total. The predicted molar refractivity (Wildman–Crippen MR) is 126 cm³/mol. The molecular weight excluding hydrogens is 422 g/mol. The zero-order valence-electron chi connectivity index (χ0n) is 17.4. The summed E-state index contributed by atoms with van der Waals surface area (Å²) in [4.78, 5) is 41.0. The minimum Gasteiger partial charge on any atom is -0.352 e. The lowest BCUT2D eigenvalue weighted by Gasteiger charge is -2.18. The molecule has 2 aromatic heterocycles. The van der Waals surface area contributed by atoms with Crippen LogP contribution < -0.4 is 16.6 Å². The smallest absolute Gasteiger partial charge is 0.328 e. The normalized spacial score (nSPS) is 10.9. The van der Waals surface area contributed by atoms with Gasteiger partial charge in [0.2, 0.25) is 0 Å². The zero-order chi connectivity index (χ0) is 22.3. The second kappa shape index (κ2) is 10.1. The molecule has 0 atom stereocenters. The van der Waals surface area contributed by atoms with Gasteiger partial charge in [0, 0.05) is 23.5 Å². The highest BCUT2D eigenvalue weighted by atomic mass is 32.1. The molecule has 0 bridgehead atoms. The van der Waals surface area contributed by atoms with Crippen LogP contribution in [0.15, 0.2) is 94.0 Å². The maximum Gasteiger partial charge on any atom is 0.328 e. The van der Waals surface area contributed by atoms with Crippen molar-refractivity contribution in [2.24, 2.45) is 0 Å². The van der Waals surface area contributed by atoms with Crippen LogP contribution in [0, 0.1) is 0 Å². The van der Waals surface area contributed by atoms with Gasteiger partial charge in [0.1, 0.15) is 5.56 Å². The van der Waals surface area contributed by atoms with E-state index >= 15 is 0 Å². The van der Waals surface area contributed by atoms with E-state index in [9.17, 15) is 14.4 Å². The first kappa shape index (κ1) is 21.5. The largest absolute Gasteiger partial charge is 0.352 e. The number of amides is 1. The second-order valence-corrected chi connectivity index (χ2v) is 8.43. The molecule has 0 aliphatic heterocycles. The van der Waals surface area contributed by atoms with Crippen LogP contribution in [0.4, 0.5) is 0 Å². The molecule has 162 valence electrons. The summed E-state index contributed by atoms with van der Waals surface area (Å²) >= 11 is 1.45. The summed E-state index contributed by atoms with van der Waals surface area (Å²) in [7, 11) is 0. The average Bonchev–Trinajstić information content (AvgIpc) is 3.34. The van der Waals surface area contributed by atoms with Crippen LogP contribution in [0.3, 0.4) is 0 Å². The van der Waals surface area contributed by atoms with E-state index in [1.165, 1.54) is 17.5 Å². The van der Waals surface area contributed by atoms with E-state index in [1.807, 2.05) is 53.9 Å². The molecule has 4 aromatic rings. The summed E-state index contributed by atoms with van der Waals surface area (Å²) in [6.45, 7) is 0.522. The van der Waals surface area contributed by atoms with Crippen molar-refractivity contribution < 1.29 is 4.79 Å². The molecule has 0 unspecified atom stereocenters. The first-order valence-electron chi connectivity index (χ1n) is 10.4. The monoisotopic (exact) mass is 445 g/mol. The number of hydrogen-bond acceptors (Lipinski definition) is 4. The number of aromatic nitrogens is 2. The molecule has 2 heterocycles. The Bertz CT molecular complexity index is 1240. The fraction of sp³-hybridized carbons (Fsp3) is 0.160. The molecule has 2 aromatic carbocycles. The van der Waals surface area contributed by atoms with Crippen LogP contribution in [-0.4, -0.2) is 22.0 Å². The Morgan fingerprint density at radius 1 is 0.938 bits per heavy atom. The number of aromatic amines is 1. The summed E-state index contributed by atoms with van der Waals surface area (Å²) in [5.74, 6) is -0.380. The lowest BCUT2D eigenvalue weighted by molar-refractivity contribution is 0.0950. The highest BCUT2D eigenvalue weighted by molar-refractivity contribution is 7.09. The number of thiophene rings is 1. The summed E-state index contributed by atoms with van der Waals surface area (Å²) in [6.07, 6.45) is 1.86. The van der Waals surface area contributed by atoms with E-state index in [4.69, 9.17) is 0 Å². The van der Waals surface area contributed by atoms with Gasteiger partial charge in [-0.15, -0.1) is 11.3 Å². The second-order valence-electron chi connectivity index (χ2n) is 7.40. The van der Waals surface area contributed by atoms with Crippen LogP contribution in [0.1, 0.15) is 38.7 Å². The van der Waals surface area contributed by atoms with Gasteiger partial charge in [0.05, 0.1) is 6.54 Å². The van der Waals surface area contributed by atoms with Crippen molar-refractivity contribution in [1.82, 2.24) is 14.9 Å². The van der Waals surface area contributed by atoms with E-state index in [-0.39, 0.29) is 18.0 Å². The van der Waals surface area contributed by atoms with Crippen LogP contribution in [0.5, 0.6) is 0 Å². The predicted octanol–water partition coefficient (Wildman–Crippen LogP) is 3.60. The van der Waals surface area contributed by atoms with Crippen molar-refractivity contribution in [1.29, 1.82) is 0 Å². The third kappa shape index (κ3) is 4.95. The van der Waals surface area contributed by atoms with Crippen molar-refractivity contribution in [3.8, 4) is 0 Å². The molecule has 0 fully saturated rings. The molecule has 1 amide bonds. The summed E-state index contributed by atoms with van der Waals surface area (Å²) in [6, 6.07) is 23.9. The topological polar surface area (TPSA) is 84.0 Å². The first-order valence-corrected chi connectivity index (χ1v) is 11.2. The minimum absolute atomic E-state index is 0.0721. The van der Waals surface area contributed by atoms with Gasteiger partial charge in [-0.1, -0.05) is 66.7 Å². The van der Waals surface area contributed by atoms with E-state index < -0.39 is 17.2 Å². The highest BCUT2D eigenvalue weighted by Crippen LogP contribution is 2.27. The van der Waals surface area contributed by atoms with Gasteiger partial charge in [-0.25, -0.2) is 4.79 Å². The molecule has 2 N–H and O–H groups in total. The molecule has 4 rings (SSSR count). The third-order valence-electron chi connectivity index (χ3n) is 5.32. The molecule has 0 radical (unpaired) electrons. The van der Waals surface area contributed by atoms with E-state index in [1.54, 1.807) is 0 Å². The van der Waals surface area contributed by atoms with Gasteiger partial charge in [-0.3, -0.25) is 14.2 Å². The highest BCUT2D eigenvalue weighted by Gasteiger charge is 2.17. The Morgan fingerprint density at radius 2 is 1.59 bits per heavy atom. The fourth-order valence-corrected chi connectivity index (χ4v) is 4.39. The van der Waals surface area contributed by atoms with Crippen molar-refractivity contribution >= 4 is 17.2 Å². The molecule has 0 aliphatic carbocycles. The fourth-order valence-electron chi connectivity index (χ4n) is 3.70. The quantitative estimate of drug-likeness (QED) is 0.435. The number of H-pyrrole nitrogens is 1. The number of rotatable bonds is 8. The van der Waals surface area contributed by atoms with Crippen molar-refractivity contribution in [2.75, 3.05) is 6.54 Å². The number of nitrogens with one attached hydrogen (secondary N) is 2. The van der Waals surface area contributed by atoms with Gasteiger partial charge < -0.3 is 10.3 Å². The van der Waals surface area contributed by atoms with Crippen LogP contribution in [-0.2, 0) is 6.54 Å². The van der Waals surface area contributed by atoms with Gasteiger partial charge >= 0.3 is 5.69 Å². The first-order chi connectivity index (χ1) is 15.6. The number of carbonyl (C=O) groups is 1. The van der Waals surface area contributed by atoms with Gasteiger partial charge in [0.25, 0.3) is 11.5 Å². The molecule has 0 aliphatic rings. The maximum atomic E-state index is 12.8. The maximum absolute atomic E-state index is 12.8. The molecule has 0 spiro atoms. The number of nitrogens with zero attached hydrogens (tertiary/aromatic N) is 1. The van der Waals surface area contributed by atoms with Crippen molar-refractivity contribution in [3.05, 3.63) is 127 Å². The van der Waals surface area contributed by atoms with E-state index in [0.717, 1.165) is 20.6 Å². The molecule has 7 heteroatoms. The minimum atomic E-state index is -0.595. The van der Waals surface area contributed by atoms with Crippen molar-refractivity contribution in [2.45, 2.75) is 18.9 Å². The summed E-state index contributed by atoms with van der Waals surface area (Å²) < 4.78 is 1.05. The van der Waals surface area contributed by atoms with Gasteiger partial charge in [0.15, 0.2) is 0 Å². The van der Waals surface area contributed by atoms with Crippen molar-refractivity contribution in [3.63, 3.8) is 0 Å². The number of hydrogen-bond donors (Lipinski definition) is 2. The molecule has 0 saturated carbocycles. The Labute approximate surface area is 189 Å². The third-order valence-corrected chi connectivity index (χ3v) is 6.18. The standard InChI is InChI=1S/C25H23N3O3S/c29-23(22-16-27-25(31)28(24(22)30)17-20-12-7-15-32-20)26-14-13-21(18-8-3-1-4-9-18)19-10-5-2-6-11-19/h1-12,15-16,21H,13-14,17H2,(H,26,29)(H,27,31). The summed E-state index contributed by atoms with van der Waals surface area (Å²) in [5, 5.41) is 4.72. The lowest BCUT2D eigenvalue weighted by atomic mass is 9.88. The SMILES string of the molecule is O=C(NCCC(c1ccccc1)c1ccccc1)c1c[nH]c(=O)n(Cc2cccs2)c1=O. The van der Waals surface area contributed by atoms with Crippen LogP contribution >= 0.6 is 11.3 Å². The Morgan fingerprint density at radius 3 is 2.19 bits per heavy atom.